The van der Waals surface area contributed by atoms with Crippen LogP contribution in [0.25, 0.3) is 5.65 Å². The van der Waals surface area contributed by atoms with Gasteiger partial charge in [-0.05, 0) is 57.0 Å². The first-order valence-electron chi connectivity index (χ1n) is 10.3. The number of hydrogen-bond acceptors (Lipinski definition) is 6. The molecule has 166 valence electrons. The standard InChI is InChI=1S/C22H24N6O3S/c1-14-11-24-21-20(17(4)25-28(21)12-14)22(29)27-8-7-26(13-16(27)3)32(30,31)19-6-5-18(10-23)9-15(19)2/h5-6,9,11-12,16H,7-8,13H2,1-4H3/t16-/m0/s1. The molecule has 0 aliphatic carbocycles. The Balaban J connectivity index is 1.58. The smallest absolute Gasteiger partial charge is 0.259 e. The van der Waals surface area contributed by atoms with Gasteiger partial charge in [-0.15, -0.1) is 0 Å². The van der Waals surface area contributed by atoms with Gasteiger partial charge >= 0.3 is 0 Å². The molecule has 4 rings (SSSR count). The molecule has 1 aromatic carbocycles. The number of aryl methyl sites for hydroxylation is 3. The summed E-state index contributed by atoms with van der Waals surface area (Å²) in [4.78, 5) is 19.6. The molecular weight excluding hydrogens is 428 g/mol. The molecule has 32 heavy (non-hydrogen) atoms. The quantitative estimate of drug-likeness (QED) is 0.601. The number of hydrogen-bond donors (Lipinski definition) is 0. The van der Waals surface area contributed by atoms with Crippen LogP contribution in [-0.4, -0.2) is 63.8 Å². The Morgan fingerprint density at radius 3 is 2.62 bits per heavy atom. The Morgan fingerprint density at radius 1 is 1.22 bits per heavy atom. The van der Waals surface area contributed by atoms with E-state index in [1.165, 1.54) is 16.4 Å². The number of benzene rings is 1. The van der Waals surface area contributed by atoms with Crippen LogP contribution >= 0.6 is 0 Å². The first-order chi connectivity index (χ1) is 15.1. The molecule has 1 atom stereocenters. The summed E-state index contributed by atoms with van der Waals surface area (Å²) in [6.45, 7) is 7.82. The van der Waals surface area contributed by atoms with Gasteiger partial charge in [-0.2, -0.15) is 14.7 Å². The number of rotatable bonds is 3. The molecule has 0 radical (unpaired) electrons. The fourth-order valence-electron chi connectivity index (χ4n) is 4.12. The molecule has 1 saturated heterocycles. The summed E-state index contributed by atoms with van der Waals surface area (Å²) in [6, 6.07) is 6.24. The Morgan fingerprint density at radius 2 is 1.97 bits per heavy atom. The van der Waals surface area contributed by atoms with Gasteiger partial charge < -0.3 is 4.90 Å². The molecule has 1 aliphatic rings. The third kappa shape index (κ3) is 3.63. The van der Waals surface area contributed by atoms with Gasteiger partial charge in [0.1, 0.15) is 5.56 Å². The van der Waals surface area contributed by atoms with Gasteiger partial charge in [-0.25, -0.2) is 17.9 Å². The summed E-state index contributed by atoms with van der Waals surface area (Å²) in [6.07, 6.45) is 3.51. The highest BCUT2D eigenvalue weighted by atomic mass is 32.2. The van der Waals surface area contributed by atoms with Gasteiger partial charge in [0.25, 0.3) is 5.91 Å². The average Bonchev–Trinajstić information content (AvgIpc) is 3.07. The largest absolute Gasteiger partial charge is 0.333 e. The maximum absolute atomic E-state index is 13.4. The normalized spacial score (nSPS) is 17.5. The molecule has 1 fully saturated rings. The third-order valence-corrected chi connectivity index (χ3v) is 7.79. The molecule has 3 heterocycles. The molecule has 0 unspecified atom stereocenters. The van der Waals surface area contributed by atoms with Gasteiger partial charge in [0.05, 0.1) is 22.2 Å². The molecule has 1 amide bonds. The number of carbonyl (C=O) groups is 1. The zero-order valence-electron chi connectivity index (χ0n) is 18.4. The van der Waals surface area contributed by atoms with Crippen molar-refractivity contribution >= 4 is 21.6 Å². The maximum Gasteiger partial charge on any atom is 0.259 e. The first kappa shape index (κ1) is 21.9. The summed E-state index contributed by atoms with van der Waals surface area (Å²) in [5.41, 5.74) is 3.40. The molecule has 1 aliphatic heterocycles. The lowest BCUT2D eigenvalue weighted by Gasteiger charge is -2.39. The fraction of sp³-hybridized carbons (Fsp3) is 0.364. The fourth-order valence-corrected chi connectivity index (χ4v) is 5.84. The van der Waals surface area contributed by atoms with Gasteiger partial charge in [-0.3, -0.25) is 4.79 Å². The molecule has 10 heteroatoms. The number of fused-ring (bicyclic) bond motifs is 1. The second kappa shape index (κ2) is 8.00. The first-order valence-corrected chi connectivity index (χ1v) is 11.7. The van der Waals surface area contributed by atoms with Crippen molar-refractivity contribution in [1.29, 1.82) is 5.26 Å². The lowest BCUT2D eigenvalue weighted by molar-refractivity contribution is 0.0592. The summed E-state index contributed by atoms with van der Waals surface area (Å²) < 4.78 is 29.5. The van der Waals surface area contributed by atoms with E-state index in [4.69, 9.17) is 5.26 Å². The maximum atomic E-state index is 13.4. The number of nitrogens with zero attached hydrogens (tertiary/aromatic N) is 6. The number of aromatic nitrogens is 3. The molecule has 2 aromatic heterocycles. The van der Waals surface area contributed by atoms with Crippen LogP contribution in [-0.2, 0) is 10.0 Å². The van der Waals surface area contributed by atoms with Crippen molar-refractivity contribution in [3.05, 3.63) is 58.5 Å². The van der Waals surface area contributed by atoms with Gasteiger partial charge in [0, 0.05) is 38.1 Å². The summed E-state index contributed by atoms with van der Waals surface area (Å²) in [5.74, 6) is -0.201. The van der Waals surface area contributed by atoms with Crippen LogP contribution in [0.4, 0.5) is 0 Å². The van der Waals surface area contributed by atoms with Crippen molar-refractivity contribution in [2.45, 2.75) is 38.6 Å². The molecule has 0 saturated carbocycles. The number of sulfonamides is 1. The van der Waals surface area contributed by atoms with E-state index in [2.05, 4.69) is 10.1 Å². The van der Waals surface area contributed by atoms with Crippen LogP contribution in [0.5, 0.6) is 0 Å². The van der Waals surface area contributed by atoms with Crippen LogP contribution in [0.1, 0.15) is 39.7 Å². The highest BCUT2D eigenvalue weighted by Gasteiger charge is 2.36. The average molecular weight is 453 g/mol. The number of amides is 1. The summed E-state index contributed by atoms with van der Waals surface area (Å²) in [7, 11) is -3.74. The van der Waals surface area contributed by atoms with E-state index in [9.17, 15) is 13.2 Å². The molecule has 0 bridgehead atoms. The predicted molar refractivity (Wildman–Crippen MR) is 118 cm³/mol. The molecule has 0 N–H and O–H groups in total. The van der Waals surface area contributed by atoms with Crippen molar-refractivity contribution in [2.24, 2.45) is 0 Å². The number of nitriles is 1. The van der Waals surface area contributed by atoms with Gasteiger partial charge in [0.2, 0.25) is 10.0 Å². The zero-order chi connectivity index (χ0) is 23.2. The van der Waals surface area contributed by atoms with Crippen LogP contribution in [0.15, 0.2) is 35.5 Å². The van der Waals surface area contributed by atoms with Crippen LogP contribution in [0, 0.1) is 32.1 Å². The van der Waals surface area contributed by atoms with Crippen LogP contribution < -0.4 is 0 Å². The second-order valence-corrected chi connectivity index (χ2v) is 10.1. The van der Waals surface area contributed by atoms with E-state index in [0.717, 1.165) is 5.56 Å². The van der Waals surface area contributed by atoms with Crippen LogP contribution in [0.2, 0.25) is 0 Å². The van der Waals surface area contributed by atoms with Crippen molar-refractivity contribution in [3.63, 3.8) is 0 Å². The minimum absolute atomic E-state index is 0.179. The Hall–Kier alpha value is -3.29. The van der Waals surface area contributed by atoms with Crippen molar-refractivity contribution in [3.8, 4) is 6.07 Å². The number of piperazine rings is 1. The monoisotopic (exact) mass is 452 g/mol. The predicted octanol–water partition coefficient (Wildman–Crippen LogP) is 2.06. The summed E-state index contributed by atoms with van der Waals surface area (Å²) in [5, 5.41) is 13.5. The highest BCUT2D eigenvalue weighted by Crippen LogP contribution is 2.25. The van der Waals surface area contributed by atoms with Crippen LogP contribution in [0.3, 0.4) is 0 Å². The Kier molecular flexibility index (Phi) is 5.48. The van der Waals surface area contributed by atoms with Gasteiger partial charge in [0.15, 0.2) is 5.65 Å². The molecular formula is C22H24N6O3S. The van der Waals surface area contributed by atoms with E-state index < -0.39 is 10.0 Å². The van der Waals surface area contributed by atoms with Crippen molar-refractivity contribution in [2.75, 3.05) is 19.6 Å². The minimum atomic E-state index is -3.74. The highest BCUT2D eigenvalue weighted by molar-refractivity contribution is 7.89. The lowest BCUT2D eigenvalue weighted by Crippen LogP contribution is -2.55. The van der Waals surface area contributed by atoms with Gasteiger partial charge in [-0.1, -0.05) is 0 Å². The minimum Gasteiger partial charge on any atom is -0.333 e. The molecule has 3 aromatic rings. The Bertz CT molecular complexity index is 1370. The van der Waals surface area contributed by atoms with E-state index >= 15 is 0 Å². The number of carbonyl (C=O) groups excluding carboxylic acids is 1. The van der Waals surface area contributed by atoms with Crippen molar-refractivity contribution < 1.29 is 13.2 Å². The van der Waals surface area contributed by atoms with E-state index in [-0.39, 0.29) is 36.5 Å². The second-order valence-electron chi connectivity index (χ2n) is 8.16. The molecule has 9 nitrogen and oxygen atoms in total. The van der Waals surface area contributed by atoms with E-state index in [1.807, 2.05) is 26.1 Å². The molecule has 0 spiro atoms. The SMILES string of the molecule is Cc1cnc2c(C(=O)N3CCN(S(=O)(=O)c4ccc(C#N)cc4C)C[C@@H]3C)c(C)nn2c1. The lowest BCUT2D eigenvalue weighted by atomic mass is 10.1. The van der Waals surface area contributed by atoms with E-state index in [0.29, 0.717) is 28.0 Å². The van der Waals surface area contributed by atoms with E-state index in [1.54, 1.807) is 35.5 Å². The van der Waals surface area contributed by atoms with Crippen molar-refractivity contribution in [1.82, 2.24) is 23.8 Å². The zero-order valence-corrected chi connectivity index (χ0v) is 19.2. The summed E-state index contributed by atoms with van der Waals surface area (Å²) >= 11 is 0. The topological polar surface area (TPSA) is 112 Å². The Labute approximate surface area is 186 Å². The third-order valence-electron chi connectivity index (χ3n) is 5.76.